The van der Waals surface area contributed by atoms with Crippen molar-refractivity contribution in [2.45, 2.75) is 13.0 Å². The zero-order chi connectivity index (χ0) is 17.3. The summed E-state index contributed by atoms with van der Waals surface area (Å²) in [5.74, 6) is 0. The highest BCUT2D eigenvalue weighted by molar-refractivity contribution is 6.30. The molecule has 2 aromatic carbocycles. The first-order valence-electron chi connectivity index (χ1n) is 7.98. The van der Waals surface area contributed by atoms with Gasteiger partial charge in [-0.25, -0.2) is 0 Å². The van der Waals surface area contributed by atoms with Crippen LogP contribution in [0.4, 0.5) is 17.1 Å². The van der Waals surface area contributed by atoms with E-state index in [1.54, 1.807) is 6.92 Å². The summed E-state index contributed by atoms with van der Waals surface area (Å²) in [6, 6.07) is 7.68. The molecule has 24 heavy (non-hydrogen) atoms. The monoisotopic (exact) mass is 349 g/mol. The van der Waals surface area contributed by atoms with Crippen LogP contribution in [0.2, 0.25) is 5.02 Å². The molecule has 1 aliphatic rings. The number of halogens is 1. The summed E-state index contributed by atoms with van der Waals surface area (Å²) in [6.07, 6.45) is -0.582. The van der Waals surface area contributed by atoms with E-state index in [2.05, 4.69) is 10.2 Å². The molecule has 1 saturated heterocycles. The van der Waals surface area contributed by atoms with Gasteiger partial charge in [0.2, 0.25) is 0 Å². The lowest BCUT2D eigenvalue weighted by molar-refractivity contribution is 0.208. The van der Waals surface area contributed by atoms with Gasteiger partial charge in [0.15, 0.2) is 0 Å². The number of anilines is 3. The number of piperazine rings is 1. The van der Waals surface area contributed by atoms with E-state index in [0.29, 0.717) is 29.5 Å². The van der Waals surface area contributed by atoms with Crippen molar-refractivity contribution >= 4 is 28.7 Å². The van der Waals surface area contributed by atoms with Gasteiger partial charge in [0.1, 0.15) is 11.4 Å². The second-order valence-electron chi connectivity index (χ2n) is 6.07. The maximum absolute atomic E-state index is 11.9. The van der Waals surface area contributed by atoms with Crippen molar-refractivity contribution in [1.29, 1.82) is 0 Å². The largest absolute Gasteiger partial charge is 0.392 e. The van der Waals surface area contributed by atoms with Crippen LogP contribution in [0.3, 0.4) is 0 Å². The number of hydrogen-bond donors (Lipinski definition) is 2. The van der Waals surface area contributed by atoms with Crippen molar-refractivity contribution in [3.05, 3.63) is 49.7 Å². The normalized spacial score (nSPS) is 16.5. The van der Waals surface area contributed by atoms with E-state index in [9.17, 15) is 14.7 Å². The van der Waals surface area contributed by atoms with Gasteiger partial charge in [-0.2, -0.15) is 0 Å². The number of nitrogens with one attached hydrogen (secondary N) is 1. The highest BCUT2D eigenvalue weighted by atomic mass is 35.5. The average molecular weight is 350 g/mol. The van der Waals surface area contributed by atoms with Crippen LogP contribution in [0.1, 0.15) is 6.92 Å². The summed E-state index contributed by atoms with van der Waals surface area (Å²) in [5.41, 5.74) is 0.894. The maximum Gasteiger partial charge on any atom is 0.253 e. The molecule has 0 bridgehead atoms. The second-order valence-corrected chi connectivity index (χ2v) is 6.50. The summed E-state index contributed by atoms with van der Waals surface area (Å²) < 4.78 is 0. The van der Waals surface area contributed by atoms with E-state index in [-0.39, 0.29) is 6.54 Å². The summed E-state index contributed by atoms with van der Waals surface area (Å²) >= 11 is 6.03. The Balaban J connectivity index is 1.68. The van der Waals surface area contributed by atoms with Crippen molar-refractivity contribution < 1.29 is 5.11 Å². The minimum Gasteiger partial charge on any atom is -0.392 e. The lowest BCUT2D eigenvalue weighted by Gasteiger charge is -2.38. The van der Waals surface area contributed by atoms with Crippen molar-refractivity contribution in [2.24, 2.45) is 0 Å². The second kappa shape index (κ2) is 6.83. The molecule has 2 aromatic rings. The standard InChI is InChI=1S/C17H20ClN3O3/c1-11(22)10-19-14-15(17(24)16(14)23)21-7-5-20(6-8-21)13-4-2-3-12(18)9-13/h2-4,9,11,19,22H,5-8,10H2,1H3/t11-/m1/s1. The van der Waals surface area contributed by atoms with E-state index >= 15 is 0 Å². The van der Waals surface area contributed by atoms with Gasteiger partial charge in [0.05, 0.1) is 6.10 Å². The number of benzene rings is 1. The van der Waals surface area contributed by atoms with E-state index in [4.69, 9.17) is 11.6 Å². The van der Waals surface area contributed by atoms with E-state index in [1.807, 2.05) is 29.2 Å². The van der Waals surface area contributed by atoms with Gasteiger partial charge in [-0.15, -0.1) is 0 Å². The molecule has 0 unspecified atom stereocenters. The molecule has 128 valence electrons. The Labute approximate surface area is 145 Å². The smallest absolute Gasteiger partial charge is 0.253 e. The van der Waals surface area contributed by atoms with Crippen molar-refractivity contribution in [3.8, 4) is 0 Å². The van der Waals surface area contributed by atoms with Gasteiger partial charge < -0.3 is 20.2 Å². The third kappa shape index (κ3) is 3.25. The van der Waals surface area contributed by atoms with E-state index < -0.39 is 17.0 Å². The van der Waals surface area contributed by atoms with Crippen LogP contribution in [0.25, 0.3) is 0 Å². The number of nitrogens with zero attached hydrogens (tertiary/aromatic N) is 2. The van der Waals surface area contributed by atoms with Crippen LogP contribution >= 0.6 is 11.6 Å². The van der Waals surface area contributed by atoms with Crippen LogP contribution in [0, 0.1) is 0 Å². The van der Waals surface area contributed by atoms with Crippen molar-refractivity contribution in [1.82, 2.24) is 0 Å². The number of aliphatic hydroxyl groups is 1. The SMILES string of the molecule is C[C@@H](O)CNc1c(N2CCN(c3cccc(Cl)c3)CC2)c(=O)c1=O. The van der Waals surface area contributed by atoms with Crippen molar-refractivity contribution in [2.75, 3.05) is 47.8 Å². The van der Waals surface area contributed by atoms with Gasteiger partial charge in [-0.05, 0) is 25.1 Å². The molecule has 0 amide bonds. The first-order valence-corrected chi connectivity index (χ1v) is 8.36. The Hall–Kier alpha value is -2.05. The fourth-order valence-corrected chi connectivity index (χ4v) is 3.14. The molecule has 7 heteroatoms. The number of aliphatic hydroxyl groups excluding tert-OH is 1. The minimum absolute atomic E-state index is 0.250. The summed E-state index contributed by atoms with van der Waals surface area (Å²) in [5, 5.41) is 12.9. The molecule has 1 aliphatic heterocycles. The van der Waals surface area contributed by atoms with Crippen molar-refractivity contribution in [3.63, 3.8) is 0 Å². The van der Waals surface area contributed by atoms with Crippen LogP contribution in [0.5, 0.6) is 0 Å². The summed E-state index contributed by atoms with van der Waals surface area (Å²) in [7, 11) is 0. The Kier molecular flexibility index (Phi) is 4.78. The first-order chi connectivity index (χ1) is 11.5. The third-order valence-electron chi connectivity index (χ3n) is 4.23. The molecule has 3 rings (SSSR count). The molecule has 0 aliphatic carbocycles. The van der Waals surface area contributed by atoms with Crippen LogP contribution in [0.15, 0.2) is 33.9 Å². The fourth-order valence-electron chi connectivity index (χ4n) is 2.96. The molecule has 2 N–H and O–H groups in total. The zero-order valence-corrected chi connectivity index (χ0v) is 14.2. The van der Waals surface area contributed by atoms with Gasteiger partial charge >= 0.3 is 0 Å². The maximum atomic E-state index is 11.9. The number of rotatable bonds is 5. The topological polar surface area (TPSA) is 72.9 Å². The predicted molar refractivity (Wildman–Crippen MR) is 97.4 cm³/mol. The van der Waals surface area contributed by atoms with Crippen LogP contribution in [-0.2, 0) is 0 Å². The highest BCUT2D eigenvalue weighted by Gasteiger charge is 2.28. The quantitative estimate of drug-likeness (QED) is 0.786. The van der Waals surface area contributed by atoms with E-state index in [1.165, 1.54) is 0 Å². The van der Waals surface area contributed by atoms with Gasteiger partial charge in [0, 0.05) is 43.4 Å². The Bertz CT molecular complexity index is 791. The van der Waals surface area contributed by atoms with Crippen LogP contribution in [-0.4, -0.2) is 43.9 Å². The molecular formula is C17H20ClN3O3. The Morgan fingerprint density at radius 2 is 1.83 bits per heavy atom. The molecule has 1 heterocycles. The van der Waals surface area contributed by atoms with Gasteiger partial charge in [0.25, 0.3) is 10.9 Å². The molecule has 0 radical (unpaired) electrons. The minimum atomic E-state index is -0.582. The fraction of sp³-hybridized carbons (Fsp3) is 0.412. The lowest BCUT2D eigenvalue weighted by Crippen LogP contribution is -2.51. The molecule has 0 aromatic heterocycles. The average Bonchev–Trinajstić information content (AvgIpc) is 2.57. The molecule has 1 atom stereocenters. The zero-order valence-electron chi connectivity index (χ0n) is 13.5. The van der Waals surface area contributed by atoms with Gasteiger partial charge in [-0.3, -0.25) is 9.59 Å². The van der Waals surface area contributed by atoms with Gasteiger partial charge in [-0.1, -0.05) is 17.7 Å². The first kappa shape index (κ1) is 16.8. The predicted octanol–water partition coefficient (Wildman–Crippen LogP) is 1.06. The summed E-state index contributed by atoms with van der Waals surface area (Å²) in [4.78, 5) is 27.8. The third-order valence-corrected chi connectivity index (χ3v) is 4.46. The molecule has 1 fully saturated rings. The molecule has 0 spiro atoms. The Morgan fingerprint density at radius 3 is 2.46 bits per heavy atom. The molecule has 0 saturated carbocycles. The number of hydrogen-bond acceptors (Lipinski definition) is 6. The van der Waals surface area contributed by atoms with Crippen LogP contribution < -0.4 is 26.0 Å². The molecular weight excluding hydrogens is 330 g/mol. The highest BCUT2D eigenvalue weighted by Crippen LogP contribution is 2.25. The van der Waals surface area contributed by atoms with E-state index in [0.717, 1.165) is 18.8 Å². The Morgan fingerprint density at radius 1 is 1.17 bits per heavy atom. The molecule has 6 nitrogen and oxygen atoms in total. The summed E-state index contributed by atoms with van der Waals surface area (Å²) in [6.45, 7) is 4.67. The lowest BCUT2D eigenvalue weighted by atomic mass is 10.1.